The molecule has 0 aromatic carbocycles. The van der Waals surface area contributed by atoms with Crippen molar-refractivity contribution in [2.45, 2.75) is 32.2 Å². The summed E-state index contributed by atoms with van der Waals surface area (Å²) in [6.45, 7) is 3.76. The van der Waals surface area contributed by atoms with E-state index in [2.05, 4.69) is 23.7 Å². The third-order valence-electron chi connectivity index (χ3n) is 3.68. The molecule has 0 bridgehead atoms. The Bertz CT molecular complexity index is 555. The number of aryl methyl sites for hydroxylation is 3. The van der Waals surface area contributed by atoms with Crippen molar-refractivity contribution in [2.75, 3.05) is 20.3 Å². The molecule has 1 aliphatic rings. The highest BCUT2D eigenvalue weighted by molar-refractivity contribution is 7.12. The van der Waals surface area contributed by atoms with E-state index in [1.165, 1.54) is 38.9 Å². The standard InChI is InChI=1S/C15H20N2OS2/c1-10-6-9-19-14(10)13(16-7-8-18-2)15-17-11-4-3-5-12(11)20-15/h6,9,13,16H,3-5,7-8H2,1-2H3. The van der Waals surface area contributed by atoms with E-state index in [-0.39, 0.29) is 6.04 Å². The summed E-state index contributed by atoms with van der Waals surface area (Å²) in [5.74, 6) is 0. The minimum absolute atomic E-state index is 0.223. The number of ether oxygens (including phenoxy) is 1. The van der Waals surface area contributed by atoms with Crippen molar-refractivity contribution in [3.63, 3.8) is 0 Å². The van der Waals surface area contributed by atoms with E-state index in [1.54, 1.807) is 7.11 Å². The van der Waals surface area contributed by atoms with Crippen LogP contribution in [0, 0.1) is 6.92 Å². The zero-order valence-corrected chi connectivity index (χ0v) is 13.6. The van der Waals surface area contributed by atoms with Crippen molar-refractivity contribution in [2.24, 2.45) is 0 Å². The smallest absolute Gasteiger partial charge is 0.116 e. The maximum absolute atomic E-state index is 5.16. The van der Waals surface area contributed by atoms with Gasteiger partial charge in [-0.25, -0.2) is 4.98 Å². The lowest BCUT2D eigenvalue weighted by Gasteiger charge is -2.16. The lowest BCUT2D eigenvalue weighted by atomic mass is 10.1. The van der Waals surface area contributed by atoms with Crippen LogP contribution in [-0.2, 0) is 17.6 Å². The maximum atomic E-state index is 5.16. The van der Waals surface area contributed by atoms with Gasteiger partial charge in [0.05, 0.1) is 18.3 Å². The van der Waals surface area contributed by atoms with Gasteiger partial charge in [0.25, 0.3) is 0 Å². The van der Waals surface area contributed by atoms with Crippen molar-refractivity contribution < 1.29 is 4.74 Å². The van der Waals surface area contributed by atoms with E-state index in [0.29, 0.717) is 0 Å². The lowest BCUT2D eigenvalue weighted by Crippen LogP contribution is -2.25. The molecule has 3 rings (SSSR count). The molecule has 0 saturated carbocycles. The molecule has 0 spiro atoms. The summed E-state index contributed by atoms with van der Waals surface area (Å²) in [7, 11) is 1.74. The van der Waals surface area contributed by atoms with Crippen LogP contribution < -0.4 is 5.32 Å². The van der Waals surface area contributed by atoms with E-state index in [9.17, 15) is 0 Å². The van der Waals surface area contributed by atoms with Crippen LogP contribution in [0.1, 0.15) is 38.5 Å². The molecule has 0 saturated heterocycles. The molecule has 1 unspecified atom stereocenters. The Labute approximate surface area is 128 Å². The molecular weight excluding hydrogens is 288 g/mol. The second-order valence-corrected chi connectivity index (χ2v) is 7.19. The lowest BCUT2D eigenvalue weighted by molar-refractivity contribution is 0.197. The van der Waals surface area contributed by atoms with Gasteiger partial charge in [-0.3, -0.25) is 0 Å². The fourth-order valence-electron chi connectivity index (χ4n) is 2.61. The SMILES string of the molecule is COCCNC(c1nc2c(s1)CCC2)c1sccc1C. The maximum Gasteiger partial charge on any atom is 0.116 e. The van der Waals surface area contributed by atoms with E-state index in [4.69, 9.17) is 9.72 Å². The number of thiophene rings is 1. The second-order valence-electron chi connectivity index (χ2n) is 5.12. The molecule has 2 heterocycles. The number of hydrogen-bond acceptors (Lipinski definition) is 5. The normalized spacial score (nSPS) is 15.5. The van der Waals surface area contributed by atoms with Gasteiger partial charge in [0, 0.05) is 23.4 Å². The highest BCUT2D eigenvalue weighted by Gasteiger charge is 2.24. The molecule has 0 amide bonds. The largest absolute Gasteiger partial charge is 0.383 e. The molecule has 2 aromatic rings. The van der Waals surface area contributed by atoms with Crippen LogP contribution in [-0.4, -0.2) is 25.2 Å². The van der Waals surface area contributed by atoms with Crippen LogP contribution in [0.4, 0.5) is 0 Å². The molecule has 108 valence electrons. The Hall–Kier alpha value is -0.750. The van der Waals surface area contributed by atoms with Crippen LogP contribution >= 0.6 is 22.7 Å². The van der Waals surface area contributed by atoms with E-state index in [1.807, 2.05) is 22.7 Å². The first-order valence-corrected chi connectivity index (χ1v) is 8.74. The first-order valence-electron chi connectivity index (χ1n) is 7.04. The minimum Gasteiger partial charge on any atom is -0.383 e. The van der Waals surface area contributed by atoms with Crippen molar-refractivity contribution in [1.82, 2.24) is 10.3 Å². The van der Waals surface area contributed by atoms with Crippen LogP contribution in [0.15, 0.2) is 11.4 Å². The number of thiazole rings is 1. The number of methoxy groups -OCH3 is 1. The number of hydrogen-bond donors (Lipinski definition) is 1. The summed E-state index contributed by atoms with van der Waals surface area (Å²) in [6.07, 6.45) is 3.63. The average molecular weight is 308 g/mol. The number of nitrogens with zero attached hydrogens (tertiary/aromatic N) is 1. The van der Waals surface area contributed by atoms with Gasteiger partial charge in [0.2, 0.25) is 0 Å². The van der Waals surface area contributed by atoms with E-state index < -0.39 is 0 Å². The van der Waals surface area contributed by atoms with Crippen molar-refractivity contribution in [3.05, 3.63) is 37.5 Å². The molecule has 0 aliphatic heterocycles. The number of rotatable bonds is 6. The van der Waals surface area contributed by atoms with E-state index >= 15 is 0 Å². The monoisotopic (exact) mass is 308 g/mol. The van der Waals surface area contributed by atoms with Crippen LogP contribution in [0.2, 0.25) is 0 Å². The Morgan fingerprint density at radius 1 is 1.45 bits per heavy atom. The summed E-state index contributed by atoms with van der Waals surface area (Å²) in [5.41, 5.74) is 2.68. The van der Waals surface area contributed by atoms with Crippen molar-refractivity contribution in [1.29, 1.82) is 0 Å². The van der Waals surface area contributed by atoms with Crippen LogP contribution in [0.5, 0.6) is 0 Å². The van der Waals surface area contributed by atoms with Gasteiger partial charge in [-0.2, -0.15) is 0 Å². The Kier molecular flexibility index (Phi) is 4.51. The molecule has 3 nitrogen and oxygen atoms in total. The first-order chi connectivity index (χ1) is 9.79. The fourth-order valence-corrected chi connectivity index (χ4v) is 4.93. The third-order valence-corrected chi connectivity index (χ3v) is 5.98. The highest BCUT2D eigenvalue weighted by atomic mass is 32.1. The summed E-state index contributed by atoms with van der Waals surface area (Å²) >= 11 is 3.70. The molecule has 2 aromatic heterocycles. The molecule has 20 heavy (non-hydrogen) atoms. The van der Waals surface area contributed by atoms with Crippen molar-refractivity contribution >= 4 is 22.7 Å². The third kappa shape index (κ3) is 2.81. The summed E-state index contributed by atoms with van der Waals surface area (Å²) in [5, 5.41) is 6.98. The van der Waals surface area contributed by atoms with Crippen molar-refractivity contribution in [3.8, 4) is 0 Å². The Balaban J connectivity index is 1.86. The van der Waals surface area contributed by atoms with Gasteiger partial charge >= 0.3 is 0 Å². The number of aromatic nitrogens is 1. The fraction of sp³-hybridized carbons (Fsp3) is 0.533. The number of nitrogens with one attached hydrogen (secondary N) is 1. The topological polar surface area (TPSA) is 34.1 Å². The quantitative estimate of drug-likeness (QED) is 0.831. The van der Waals surface area contributed by atoms with E-state index in [0.717, 1.165) is 19.6 Å². The van der Waals surface area contributed by atoms with Gasteiger partial charge in [-0.05, 0) is 43.2 Å². The van der Waals surface area contributed by atoms with Gasteiger partial charge < -0.3 is 10.1 Å². The Morgan fingerprint density at radius 2 is 2.35 bits per heavy atom. The number of fused-ring (bicyclic) bond motifs is 1. The summed E-state index contributed by atoms with van der Waals surface area (Å²) in [6, 6.07) is 2.41. The van der Waals surface area contributed by atoms with Gasteiger partial charge in [-0.15, -0.1) is 22.7 Å². The molecular formula is C15H20N2OS2. The van der Waals surface area contributed by atoms with Gasteiger partial charge in [-0.1, -0.05) is 0 Å². The summed E-state index contributed by atoms with van der Waals surface area (Å²) < 4.78 is 5.16. The summed E-state index contributed by atoms with van der Waals surface area (Å²) in [4.78, 5) is 7.76. The predicted molar refractivity (Wildman–Crippen MR) is 84.9 cm³/mol. The molecule has 0 radical (unpaired) electrons. The predicted octanol–water partition coefficient (Wildman–Crippen LogP) is 3.33. The molecule has 5 heteroatoms. The molecule has 1 N–H and O–H groups in total. The van der Waals surface area contributed by atoms with Gasteiger partial charge in [0.1, 0.15) is 5.01 Å². The van der Waals surface area contributed by atoms with Crippen LogP contribution in [0.25, 0.3) is 0 Å². The molecule has 0 fully saturated rings. The zero-order chi connectivity index (χ0) is 13.9. The zero-order valence-electron chi connectivity index (χ0n) is 11.9. The Morgan fingerprint density at radius 3 is 3.05 bits per heavy atom. The second kappa shape index (κ2) is 6.35. The van der Waals surface area contributed by atoms with Gasteiger partial charge in [0.15, 0.2) is 0 Å². The minimum atomic E-state index is 0.223. The molecule has 1 aliphatic carbocycles. The first kappa shape index (κ1) is 14.2. The molecule has 1 atom stereocenters. The van der Waals surface area contributed by atoms with Crippen LogP contribution in [0.3, 0.4) is 0 Å². The highest BCUT2D eigenvalue weighted by Crippen LogP contribution is 2.35. The average Bonchev–Trinajstić information content (AvgIpc) is 3.10.